The topological polar surface area (TPSA) is 87.4 Å². The number of fused-ring (bicyclic) bond motifs is 1. The quantitative estimate of drug-likeness (QED) is 0.466. The van der Waals surface area contributed by atoms with E-state index in [4.69, 9.17) is 21.1 Å². The highest BCUT2D eigenvalue weighted by Crippen LogP contribution is 2.33. The first-order chi connectivity index (χ1) is 17.4. The van der Waals surface area contributed by atoms with Crippen molar-refractivity contribution in [1.29, 1.82) is 0 Å². The number of aromatic nitrogens is 3. The first-order valence-electron chi connectivity index (χ1n) is 11.0. The molecular weight excluding hydrogens is 527 g/mol. The van der Waals surface area contributed by atoms with Crippen molar-refractivity contribution in [2.24, 2.45) is 0 Å². The maximum atomic E-state index is 15.2. The summed E-state index contributed by atoms with van der Waals surface area (Å²) in [6.07, 6.45) is -6.71. The number of hydrogen-bond donors (Lipinski definition) is 1. The number of nitrogens with one attached hydrogen (secondary N) is 1. The maximum Gasteiger partial charge on any atom is 0.425 e. The van der Waals surface area contributed by atoms with Gasteiger partial charge in [0.1, 0.15) is 29.7 Å². The van der Waals surface area contributed by atoms with Crippen LogP contribution in [0.4, 0.5) is 27.6 Å². The second kappa shape index (κ2) is 10.1. The Hall–Kier alpha value is -3.45. The van der Waals surface area contributed by atoms with E-state index in [0.29, 0.717) is 30.7 Å². The molecule has 1 aliphatic heterocycles. The molecule has 4 rings (SSSR count). The number of carbonyl (C=O) groups is 1. The second-order valence-corrected chi connectivity index (χ2v) is 8.71. The summed E-state index contributed by atoms with van der Waals surface area (Å²) < 4.78 is 80.9. The fraction of sp³-hybridized carbons (Fsp3) is 0.348. The van der Waals surface area contributed by atoms with Crippen LogP contribution in [-0.4, -0.2) is 39.1 Å². The Bertz CT molecular complexity index is 1400. The van der Waals surface area contributed by atoms with Gasteiger partial charge in [-0.25, -0.2) is 13.6 Å². The van der Waals surface area contributed by atoms with Crippen LogP contribution in [0.2, 0.25) is 5.02 Å². The van der Waals surface area contributed by atoms with E-state index in [1.807, 2.05) is 0 Å². The number of anilines is 1. The number of rotatable bonds is 5. The summed E-state index contributed by atoms with van der Waals surface area (Å²) >= 11 is 6.00. The minimum Gasteiger partial charge on any atom is -0.480 e. The summed E-state index contributed by atoms with van der Waals surface area (Å²) in [6.45, 7) is 2.77. The Morgan fingerprint density at radius 3 is 2.65 bits per heavy atom. The van der Waals surface area contributed by atoms with Crippen LogP contribution in [0.25, 0.3) is 5.69 Å². The molecule has 1 N–H and O–H groups in total. The molecule has 2 heterocycles. The fourth-order valence-electron chi connectivity index (χ4n) is 3.69. The fourth-order valence-corrected chi connectivity index (χ4v) is 3.99. The van der Waals surface area contributed by atoms with Crippen LogP contribution >= 0.6 is 11.6 Å². The van der Waals surface area contributed by atoms with Crippen LogP contribution < -0.4 is 15.7 Å². The van der Waals surface area contributed by atoms with Crippen LogP contribution in [0, 0.1) is 18.6 Å². The lowest BCUT2D eigenvalue weighted by molar-refractivity contribution is -0.189. The van der Waals surface area contributed by atoms with E-state index in [1.54, 1.807) is 0 Å². The minimum absolute atomic E-state index is 0.0173. The predicted molar refractivity (Wildman–Crippen MR) is 122 cm³/mol. The molecule has 3 aromatic rings. The molecule has 0 aliphatic carbocycles. The molecule has 0 spiro atoms. The van der Waals surface area contributed by atoms with Gasteiger partial charge < -0.3 is 14.8 Å². The Morgan fingerprint density at radius 1 is 1.24 bits per heavy atom. The molecule has 8 nitrogen and oxygen atoms in total. The normalized spacial score (nSPS) is 14.6. The van der Waals surface area contributed by atoms with Gasteiger partial charge in [-0.3, -0.25) is 9.36 Å². The molecule has 1 aromatic heterocycles. The number of alkyl halides is 3. The van der Waals surface area contributed by atoms with E-state index in [1.165, 1.54) is 11.5 Å². The Balaban J connectivity index is 1.80. The number of nitrogens with zero attached hydrogens (tertiary/aromatic N) is 3. The molecule has 1 amide bonds. The third-order valence-corrected chi connectivity index (χ3v) is 5.92. The van der Waals surface area contributed by atoms with Crippen LogP contribution in [-0.2, 0) is 17.9 Å². The summed E-state index contributed by atoms with van der Waals surface area (Å²) in [5, 5.41) is 6.23. The monoisotopic (exact) mass is 546 g/mol. The molecule has 0 saturated heterocycles. The van der Waals surface area contributed by atoms with Crippen LogP contribution in [0.3, 0.4) is 0 Å². The Labute approximate surface area is 211 Å². The summed E-state index contributed by atoms with van der Waals surface area (Å²) in [6, 6.07) is 3.42. The summed E-state index contributed by atoms with van der Waals surface area (Å²) in [5.41, 5.74) is -1.69. The third kappa shape index (κ3) is 5.47. The van der Waals surface area contributed by atoms with Crippen molar-refractivity contribution in [2.75, 3.05) is 11.9 Å². The SMILES string of the molecule is Cc1cc(F)cc(Cl)c1NC(=O)c1cc(F)c(-n2nc3n(c2=O)CCCOC3)cc1O[C@@H](C)C(F)(F)F. The standard InChI is InChI=1S/C23H20ClF5N4O4/c1-11-6-13(25)7-15(24)20(11)30-21(34)14-8-16(26)17(9-18(14)37-12(2)23(27,28)29)33-22(35)32-4-3-5-36-10-19(32)31-33/h6-9,12H,3-5,10H2,1-2H3,(H,30,34)/t12-/m0/s1. The number of ether oxygens (including phenoxy) is 2. The zero-order chi connectivity index (χ0) is 27.1. The van der Waals surface area contributed by atoms with Gasteiger partial charge in [0.2, 0.25) is 0 Å². The molecular formula is C23H20ClF5N4O4. The highest BCUT2D eigenvalue weighted by Gasteiger charge is 2.39. The van der Waals surface area contributed by atoms with Crippen LogP contribution in [0.5, 0.6) is 5.75 Å². The third-order valence-electron chi connectivity index (χ3n) is 5.62. The van der Waals surface area contributed by atoms with Crippen LogP contribution in [0.15, 0.2) is 29.1 Å². The number of halogens is 6. The largest absolute Gasteiger partial charge is 0.480 e. The molecule has 0 saturated carbocycles. The van der Waals surface area contributed by atoms with Gasteiger partial charge in [-0.2, -0.15) is 17.9 Å². The molecule has 0 bridgehead atoms. The smallest absolute Gasteiger partial charge is 0.425 e. The lowest BCUT2D eigenvalue weighted by Gasteiger charge is -2.21. The van der Waals surface area contributed by atoms with E-state index < -0.39 is 52.5 Å². The maximum absolute atomic E-state index is 15.2. The average molecular weight is 547 g/mol. The van der Waals surface area contributed by atoms with E-state index in [0.717, 1.165) is 18.2 Å². The summed E-state index contributed by atoms with van der Waals surface area (Å²) in [4.78, 5) is 25.9. The van der Waals surface area contributed by atoms with E-state index in [-0.39, 0.29) is 35.2 Å². The van der Waals surface area contributed by atoms with Gasteiger partial charge in [-0.05, 0) is 44.0 Å². The highest BCUT2D eigenvalue weighted by molar-refractivity contribution is 6.34. The minimum atomic E-state index is -4.82. The zero-order valence-electron chi connectivity index (χ0n) is 19.5. The number of aryl methyl sites for hydroxylation is 1. The van der Waals surface area contributed by atoms with Crippen molar-refractivity contribution in [2.45, 2.75) is 45.7 Å². The first-order valence-corrected chi connectivity index (χ1v) is 11.4. The molecule has 0 fully saturated rings. The number of amides is 1. The van der Waals surface area contributed by atoms with Crippen molar-refractivity contribution < 1.29 is 36.2 Å². The van der Waals surface area contributed by atoms with Gasteiger partial charge in [-0.15, -0.1) is 5.10 Å². The number of carbonyl (C=O) groups excluding carboxylic acids is 1. The summed E-state index contributed by atoms with van der Waals surface area (Å²) in [5.74, 6) is -3.34. The molecule has 1 atom stereocenters. The van der Waals surface area contributed by atoms with Crippen molar-refractivity contribution >= 4 is 23.2 Å². The molecule has 198 valence electrons. The van der Waals surface area contributed by atoms with E-state index in [2.05, 4.69) is 10.4 Å². The van der Waals surface area contributed by atoms with Crippen molar-refractivity contribution in [3.63, 3.8) is 0 Å². The first kappa shape index (κ1) is 26.6. The van der Waals surface area contributed by atoms with Gasteiger partial charge in [0.05, 0.1) is 16.3 Å². The average Bonchev–Trinajstić information content (AvgIpc) is 2.96. The van der Waals surface area contributed by atoms with Crippen LogP contribution in [0.1, 0.15) is 35.1 Å². The number of hydrogen-bond acceptors (Lipinski definition) is 5. The molecule has 1 aliphatic rings. The van der Waals surface area contributed by atoms with Crippen molar-refractivity contribution in [3.8, 4) is 11.4 Å². The van der Waals surface area contributed by atoms with Crippen molar-refractivity contribution in [3.05, 3.63) is 68.4 Å². The lowest BCUT2D eigenvalue weighted by atomic mass is 10.1. The van der Waals surface area contributed by atoms with Gasteiger partial charge in [0.15, 0.2) is 11.9 Å². The molecule has 37 heavy (non-hydrogen) atoms. The van der Waals surface area contributed by atoms with Gasteiger partial charge >= 0.3 is 11.9 Å². The second-order valence-electron chi connectivity index (χ2n) is 8.30. The van der Waals surface area contributed by atoms with Crippen molar-refractivity contribution in [1.82, 2.24) is 14.3 Å². The Morgan fingerprint density at radius 2 is 1.97 bits per heavy atom. The molecule has 2 aromatic carbocycles. The van der Waals surface area contributed by atoms with E-state index in [9.17, 15) is 27.2 Å². The highest BCUT2D eigenvalue weighted by atomic mass is 35.5. The predicted octanol–water partition coefficient (Wildman–Crippen LogP) is 4.78. The van der Waals surface area contributed by atoms with E-state index >= 15 is 4.39 Å². The summed E-state index contributed by atoms with van der Waals surface area (Å²) in [7, 11) is 0. The number of benzene rings is 2. The zero-order valence-corrected chi connectivity index (χ0v) is 20.2. The van der Waals surface area contributed by atoms with Gasteiger partial charge in [-0.1, -0.05) is 11.6 Å². The molecule has 0 unspecified atom stereocenters. The lowest BCUT2D eigenvalue weighted by Crippen LogP contribution is -2.32. The van der Waals surface area contributed by atoms with Gasteiger partial charge in [0, 0.05) is 19.2 Å². The Kier molecular flexibility index (Phi) is 7.29. The molecule has 14 heteroatoms. The molecule has 0 radical (unpaired) electrons. The van der Waals surface area contributed by atoms with Gasteiger partial charge in [0.25, 0.3) is 5.91 Å².